The first-order chi connectivity index (χ1) is 16.3. The number of amides is 2. The molecule has 0 bridgehead atoms. The van der Waals surface area contributed by atoms with Crippen LogP contribution in [0.15, 0.2) is 52.2 Å². The molecule has 2 aliphatic carbocycles. The molecular weight excluding hydrogens is 422 g/mol. The fourth-order valence-corrected chi connectivity index (χ4v) is 6.07. The average molecular weight is 464 g/mol. The minimum Gasteiger partial charge on any atom is -0.317 e. The summed E-state index contributed by atoms with van der Waals surface area (Å²) in [7, 11) is 2.25. The van der Waals surface area contributed by atoms with Gasteiger partial charge in [0.15, 0.2) is 0 Å². The number of hydrogen-bond donors (Lipinski definition) is 0. The topological polar surface area (TPSA) is 51.5 Å². The number of benzene rings is 1. The molecule has 184 valence electrons. The summed E-state index contributed by atoms with van der Waals surface area (Å²) in [5.74, 6) is 1.26. The van der Waals surface area contributed by atoms with Crippen LogP contribution in [0.4, 0.5) is 4.79 Å². The minimum atomic E-state index is -0.107. The Morgan fingerprint density at radius 3 is 2.41 bits per heavy atom. The lowest BCUT2D eigenvalue weighted by Gasteiger charge is -2.52. The zero-order valence-electron chi connectivity index (χ0n) is 21.5. The second-order valence-corrected chi connectivity index (χ2v) is 10.5. The van der Waals surface area contributed by atoms with Gasteiger partial charge < -0.3 is 4.90 Å². The third-order valence-electron chi connectivity index (χ3n) is 8.77. The maximum atomic E-state index is 13.7. The van der Waals surface area contributed by atoms with Crippen molar-refractivity contribution in [1.82, 2.24) is 14.7 Å². The van der Waals surface area contributed by atoms with Gasteiger partial charge in [-0.05, 0) is 84.2 Å². The average Bonchev–Trinajstić information content (AvgIpc) is 3.11. The second kappa shape index (κ2) is 10.0. The number of nitrogens with zero attached hydrogens (tertiary/aromatic N) is 5. The number of aliphatic imine (C=N–C) groups is 2. The van der Waals surface area contributed by atoms with Gasteiger partial charge in [0, 0.05) is 24.0 Å². The molecule has 6 heteroatoms. The van der Waals surface area contributed by atoms with E-state index in [2.05, 4.69) is 70.8 Å². The highest BCUT2D eigenvalue weighted by atomic mass is 16.2. The highest BCUT2D eigenvalue weighted by Gasteiger charge is 2.55. The number of hydrogen-bond acceptors (Lipinski definition) is 3. The van der Waals surface area contributed by atoms with Crippen molar-refractivity contribution in [2.45, 2.75) is 76.8 Å². The monoisotopic (exact) mass is 463 g/mol. The Morgan fingerprint density at radius 1 is 1.18 bits per heavy atom. The van der Waals surface area contributed by atoms with Crippen LogP contribution in [-0.2, 0) is 5.54 Å². The first kappa shape index (κ1) is 24.6. The van der Waals surface area contributed by atoms with Crippen LogP contribution < -0.4 is 0 Å². The Labute approximate surface area is 205 Å². The molecule has 0 radical (unpaired) electrons. The normalized spacial score (nSPS) is 28.7. The summed E-state index contributed by atoms with van der Waals surface area (Å²) in [5.41, 5.74) is 2.21. The minimum absolute atomic E-state index is 0.0296. The highest BCUT2D eigenvalue weighted by Crippen LogP contribution is 2.50. The van der Waals surface area contributed by atoms with Gasteiger partial charge in [-0.2, -0.15) is 0 Å². The molecule has 0 aromatic heterocycles. The van der Waals surface area contributed by atoms with Gasteiger partial charge in [-0.3, -0.25) is 9.80 Å². The Morgan fingerprint density at radius 2 is 1.85 bits per heavy atom. The second-order valence-electron chi connectivity index (χ2n) is 10.5. The molecule has 0 atom stereocenters. The maximum absolute atomic E-state index is 13.7. The number of carbonyl (C=O) groups is 1. The number of urea groups is 1. The fraction of sp³-hybridized carbons (Fsp3) is 0.607. The van der Waals surface area contributed by atoms with E-state index >= 15 is 0 Å². The van der Waals surface area contributed by atoms with Crippen LogP contribution in [0.1, 0.15) is 71.3 Å². The zero-order chi connectivity index (χ0) is 24.3. The van der Waals surface area contributed by atoms with E-state index in [-0.39, 0.29) is 17.1 Å². The summed E-state index contributed by atoms with van der Waals surface area (Å²) in [6.07, 6.45) is 9.71. The fourth-order valence-electron chi connectivity index (χ4n) is 6.07. The first-order valence-electron chi connectivity index (χ1n) is 12.9. The standard InChI is InChI=1S/C28H41N5O/c1-6-31(5)28(25-13-8-7-9-14-25)17-15-27(16-18-28)21-32(22(2)19-30-23(3)29-4)26(34)33(27)20-24-11-10-12-24/h7-9,13-14,19,24H,4,6,10-12,15-18,20-21H2,1-3,5H3/b22-19+,30-23?. The van der Waals surface area contributed by atoms with Gasteiger partial charge in [0.2, 0.25) is 0 Å². The molecule has 2 saturated carbocycles. The van der Waals surface area contributed by atoms with Crippen LogP contribution in [0.3, 0.4) is 0 Å². The summed E-state index contributed by atoms with van der Waals surface area (Å²) < 4.78 is 0. The van der Waals surface area contributed by atoms with Gasteiger partial charge in [0.25, 0.3) is 0 Å². The lowest BCUT2D eigenvalue weighted by Crippen LogP contribution is -2.57. The van der Waals surface area contributed by atoms with Crippen molar-refractivity contribution < 1.29 is 4.79 Å². The van der Waals surface area contributed by atoms with Crippen molar-refractivity contribution >= 4 is 18.6 Å². The van der Waals surface area contributed by atoms with Crippen molar-refractivity contribution in [2.24, 2.45) is 15.9 Å². The molecule has 0 unspecified atom stereocenters. The Hall–Kier alpha value is -2.47. The molecule has 1 aliphatic heterocycles. The summed E-state index contributed by atoms with van der Waals surface area (Å²) in [6.45, 7) is 12.2. The smallest absolute Gasteiger partial charge is 0.317 e. The van der Waals surface area contributed by atoms with Crippen LogP contribution in [0.5, 0.6) is 0 Å². The van der Waals surface area contributed by atoms with E-state index in [1.165, 1.54) is 24.8 Å². The molecule has 3 fully saturated rings. The van der Waals surface area contributed by atoms with Crippen molar-refractivity contribution in [2.75, 3.05) is 26.7 Å². The van der Waals surface area contributed by atoms with Crippen LogP contribution in [0.25, 0.3) is 0 Å². The van der Waals surface area contributed by atoms with Gasteiger partial charge in [0.05, 0.1) is 12.1 Å². The van der Waals surface area contributed by atoms with E-state index in [0.29, 0.717) is 11.8 Å². The number of allylic oxidation sites excluding steroid dienone is 1. The van der Waals surface area contributed by atoms with E-state index < -0.39 is 0 Å². The molecule has 1 heterocycles. The molecular formula is C28H41N5O. The summed E-state index contributed by atoms with van der Waals surface area (Å²) in [6, 6.07) is 11.1. The van der Waals surface area contributed by atoms with Crippen molar-refractivity contribution in [3.63, 3.8) is 0 Å². The van der Waals surface area contributed by atoms with Gasteiger partial charge in [0.1, 0.15) is 5.84 Å². The highest BCUT2D eigenvalue weighted by molar-refractivity contribution is 5.84. The quantitative estimate of drug-likeness (QED) is 0.387. The van der Waals surface area contributed by atoms with Crippen LogP contribution in [-0.4, -0.2) is 65.5 Å². The Kier molecular flexibility index (Phi) is 7.27. The largest absolute Gasteiger partial charge is 0.324 e. The van der Waals surface area contributed by atoms with Gasteiger partial charge in [-0.15, -0.1) is 0 Å². The predicted molar refractivity (Wildman–Crippen MR) is 140 cm³/mol. The molecule has 0 N–H and O–H groups in total. The first-order valence-corrected chi connectivity index (χ1v) is 12.9. The van der Waals surface area contributed by atoms with E-state index in [1.54, 1.807) is 6.20 Å². The number of amidine groups is 1. The van der Waals surface area contributed by atoms with Crippen LogP contribution >= 0.6 is 0 Å². The molecule has 4 rings (SSSR count). The van der Waals surface area contributed by atoms with Gasteiger partial charge in [-0.25, -0.2) is 14.8 Å². The van der Waals surface area contributed by atoms with Gasteiger partial charge >= 0.3 is 6.03 Å². The SMILES string of the molecule is C=NC(C)=N/C=C(\C)N1CC2(CCC(c3ccccc3)(N(C)CC)CC2)N(CC2CCC2)C1=O. The van der Waals surface area contributed by atoms with E-state index in [1.807, 2.05) is 18.7 Å². The maximum Gasteiger partial charge on any atom is 0.324 e. The summed E-state index contributed by atoms with van der Waals surface area (Å²) in [5, 5.41) is 0. The molecule has 1 aromatic rings. The molecule has 1 spiro atoms. The molecule has 1 saturated heterocycles. The van der Waals surface area contributed by atoms with Crippen LogP contribution in [0.2, 0.25) is 0 Å². The third kappa shape index (κ3) is 4.45. The van der Waals surface area contributed by atoms with E-state index in [0.717, 1.165) is 51.0 Å². The van der Waals surface area contributed by atoms with Crippen molar-refractivity contribution in [1.29, 1.82) is 0 Å². The third-order valence-corrected chi connectivity index (χ3v) is 8.77. The molecule has 3 aliphatic rings. The van der Waals surface area contributed by atoms with E-state index in [9.17, 15) is 4.79 Å². The number of carbonyl (C=O) groups excluding carboxylic acids is 1. The van der Waals surface area contributed by atoms with E-state index in [4.69, 9.17) is 0 Å². The van der Waals surface area contributed by atoms with Crippen molar-refractivity contribution in [3.8, 4) is 0 Å². The summed E-state index contributed by atoms with van der Waals surface area (Å²) in [4.78, 5) is 28.7. The van der Waals surface area contributed by atoms with Crippen LogP contribution in [0, 0.1) is 5.92 Å². The van der Waals surface area contributed by atoms with Gasteiger partial charge in [-0.1, -0.05) is 43.7 Å². The lowest BCUT2D eigenvalue weighted by atomic mass is 9.68. The molecule has 6 nitrogen and oxygen atoms in total. The molecule has 2 amide bonds. The Balaban J connectivity index is 1.62. The predicted octanol–water partition coefficient (Wildman–Crippen LogP) is 5.66. The Bertz CT molecular complexity index is 941. The molecule has 1 aromatic carbocycles. The number of rotatable bonds is 7. The zero-order valence-corrected chi connectivity index (χ0v) is 21.5. The lowest BCUT2D eigenvalue weighted by molar-refractivity contribution is 0.00732. The summed E-state index contributed by atoms with van der Waals surface area (Å²) >= 11 is 0. The van der Waals surface area contributed by atoms with Crippen molar-refractivity contribution in [3.05, 3.63) is 47.8 Å². The molecule has 34 heavy (non-hydrogen) atoms.